The third-order valence-corrected chi connectivity index (χ3v) is 6.24. The summed E-state index contributed by atoms with van der Waals surface area (Å²) in [6.07, 6.45) is 0.473. The normalized spacial score (nSPS) is 13.8. The first kappa shape index (κ1) is 19.3. The van der Waals surface area contributed by atoms with E-state index in [1.807, 2.05) is 79.7 Å². The van der Waals surface area contributed by atoms with E-state index < -0.39 is 5.54 Å². The van der Waals surface area contributed by atoms with Crippen LogP contribution in [0.3, 0.4) is 0 Å². The highest BCUT2D eigenvalue weighted by molar-refractivity contribution is 7.99. The molecule has 0 bridgehead atoms. The van der Waals surface area contributed by atoms with Gasteiger partial charge in [0.1, 0.15) is 0 Å². The van der Waals surface area contributed by atoms with E-state index in [0.29, 0.717) is 17.7 Å². The van der Waals surface area contributed by atoms with E-state index in [1.54, 1.807) is 17.8 Å². The summed E-state index contributed by atoms with van der Waals surface area (Å²) in [5.74, 6) is 0.531. The molecule has 3 aromatic carbocycles. The predicted octanol–water partition coefficient (Wildman–Crippen LogP) is 4.81. The standard InChI is InChI=1S/C24H22N2O2S/c1-24(18-8-4-2-5-9-18,19-10-6-3-7-11-19)26-23(28)17-12-13-21-20(16-17)25-22(27)14-15-29-21/h2-13,16H,14-15H2,1H3,(H,25,27)(H,26,28). The van der Waals surface area contributed by atoms with Crippen molar-refractivity contribution in [1.82, 2.24) is 5.32 Å². The van der Waals surface area contributed by atoms with E-state index in [1.165, 1.54) is 0 Å². The molecule has 0 aliphatic carbocycles. The zero-order valence-electron chi connectivity index (χ0n) is 16.1. The van der Waals surface area contributed by atoms with Crippen molar-refractivity contribution in [2.45, 2.75) is 23.8 Å². The number of carbonyl (C=O) groups is 2. The number of hydrogen-bond donors (Lipinski definition) is 2. The maximum atomic E-state index is 13.2. The Balaban J connectivity index is 1.68. The number of fused-ring (bicyclic) bond motifs is 1. The maximum Gasteiger partial charge on any atom is 0.252 e. The van der Waals surface area contributed by atoms with Crippen LogP contribution in [0.4, 0.5) is 5.69 Å². The lowest BCUT2D eigenvalue weighted by molar-refractivity contribution is -0.115. The average Bonchev–Trinajstić information content (AvgIpc) is 2.94. The molecule has 4 nitrogen and oxygen atoms in total. The molecule has 3 aromatic rings. The summed E-state index contributed by atoms with van der Waals surface area (Å²) in [6, 6.07) is 25.3. The van der Waals surface area contributed by atoms with Gasteiger partial charge < -0.3 is 10.6 Å². The third-order valence-electron chi connectivity index (χ3n) is 5.17. The topological polar surface area (TPSA) is 58.2 Å². The van der Waals surface area contributed by atoms with Crippen LogP contribution in [0.1, 0.15) is 34.8 Å². The van der Waals surface area contributed by atoms with E-state index >= 15 is 0 Å². The summed E-state index contributed by atoms with van der Waals surface area (Å²) in [4.78, 5) is 26.1. The second-order valence-corrected chi connectivity index (χ2v) is 8.31. The van der Waals surface area contributed by atoms with Crippen LogP contribution in [0.15, 0.2) is 83.8 Å². The molecular weight excluding hydrogens is 380 g/mol. The van der Waals surface area contributed by atoms with E-state index in [4.69, 9.17) is 0 Å². The van der Waals surface area contributed by atoms with Crippen molar-refractivity contribution in [2.75, 3.05) is 11.1 Å². The van der Waals surface area contributed by atoms with Gasteiger partial charge in [0.15, 0.2) is 0 Å². The summed E-state index contributed by atoms with van der Waals surface area (Å²) in [7, 11) is 0. The van der Waals surface area contributed by atoms with Gasteiger partial charge >= 0.3 is 0 Å². The molecule has 0 unspecified atom stereocenters. The smallest absolute Gasteiger partial charge is 0.252 e. The lowest BCUT2D eigenvalue weighted by atomic mass is 9.84. The van der Waals surface area contributed by atoms with Gasteiger partial charge in [-0.1, -0.05) is 60.7 Å². The second kappa shape index (κ2) is 8.13. The molecule has 5 heteroatoms. The van der Waals surface area contributed by atoms with Crippen molar-refractivity contribution in [2.24, 2.45) is 0 Å². The van der Waals surface area contributed by atoms with Crippen molar-refractivity contribution in [3.63, 3.8) is 0 Å². The zero-order chi connectivity index (χ0) is 20.3. The summed E-state index contributed by atoms with van der Waals surface area (Å²) in [5.41, 5.74) is 2.52. The van der Waals surface area contributed by atoms with Gasteiger partial charge in [0.2, 0.25) is 5.91 Å². The summed E-state index contributed by atoms with van der Waals surface area (Å²) in [5, 5.41) is 6.12. The molecule has 2 N–H and O–H groups in total. The zero-order valence-corrected chi connectivity index (χ0v) is 17.0. The van der Waals surface area contributed by atoms with Crippen LogP contribution in [0.2, 0.25) is 0 Å². The maximum absolute atomic E-state index is 13.2. The quantitative estimate of drug-likeness (QED) is 0.658. The number of nitrogens with one attached hydrogen (secondary N) is 2. The van der Waals surface area contributed by atoms with Crippen molar-refractivity contribution in [3.05, 3.63) is 95.6 Å². The molecule has 0 fully saturated rings. The van der Waals surface area contributed by atoms with E-state index in [0.717, 1.165) is 21.8 Å². The molecule has 0 spiro atoms. The average molecular weight is 403 g/mol. The molecular formula is C24H22N2O2S. The van der Waals surface area contributed by atoms with Crippen molar-refractivity contribution in [3.8, 4) is 0 Å². The van der Waals surface area contributed by atoms with Crippen molar-refractivity contribution in [1.29, 1.82) is 0 Å². The van der Waals surface area contributed by atoms with Crippen molar-refractivity contribution >= 4 is 29.3 Å². The molecule has 0 atom stereocenters. The van der Waals surface area contributed by atoms with Gasteiger partial charge in [-0.25, -0.2) is 0 Å². The van der Waals surface area contributed by atoms with Crippen LogP contribution in [0.25, 0.3) is 0 Å². The monoisotopic (exact) mass is 402 g/mol. The highest BCUT2D eigenvalue weighted by atomic mass is 32.2. The number of rotatable bonds is 4. The number of hydrogen-bond acceptors (Lipinski definition) is 3. The lowest BCUT2D eigenvalue weighted by Crippen LogP contribution is -2.44. The van der Waals surface area contributed by atoms with E-state index in [-0.39, 0.29) is 11.8 Å². The fraction of sp³-hybridized carbons (Fsp3) is 0.167. The van der Waals surface area contributed by atoms with Crippen LogP contribution < -0.4 is 10.6 Å². The molecule has 4 rings (SSSR count). The Morgan fingerprint density at radius 3 is 2.21 bits per heavy atom. The minimum Gasteiger partial charge on any atom is -0.339 e. The van der Waals surface area contributed by atoms with Gasteiger partial charge in [0.25, 0.3) is 5.91 Å². The number of amides is 2. The van der Waals surface area contributed by atoms with Gasteiger partial charge in [-0.15, -0.1) is 11.8 Å². The highest BCUT2D eigenvalue weighted by Crippen LogP contribution is 2.33. The minimum atomic E-state index is -0.690. The van der Waals surface area contributed by atoms with Crippen molar-refractivity contribution < 1.29 is 9.59 Å². The Morgan fingerprint density at radius 1 is 0.966 bits per heavy atom. The van der Waals surface area contributed by atoms with Crippen LogP contribution >= 0.6 is 11.8 Å². The first-order valence-corrected chi connectivity index (χ1v) is 10.5. The Kier molecular flexibility index (Phi) is 5.41. The number of carbonyl (C=O) groups excluding carboxylic acids is 2. The Labute approximate surface area is 174 Å². The SMILES string of the molecule is CC(NC(=O)c1ccc2c(c1)NC(=O)CCS2)(c1ccccc1)c1ccccc1. The fourth-order valence-corrected chi connectivity index (χ4v) is 4.45. The van der Waals surface area contributed by atoms with Crippen LogP contribution in [-0.4, -0.2) is 17.6 Å². The lowest BCUT2D eigenvalue weighted by Gasteiger charge is -2.32. The third kappa shape index (κ3) is 4.05. The van der Waals surface area contributed by atoms with E-state index in [2.05, 4.69) is 10.6 Å². The number of anilines is 1. The predicted molar refractivity (Wildman–Crippen MR) is 117 cm³/mol. The molecule has 1 heterocycles. The molecule has 1 aliphatic rings. The van der Waals surface area contributed by atoms with Gasteiger partial charge in [-0.2, -0.15) is 0 Å². The molecule has 146 valence electrons. The van der Waals surface area contributed by atoms with Crippen LogP contribution in [0, 0.1) is 0 Å². The molecule has 0 saturated carbocycles. The molecule has 2 amide bonds. The van der Waals surface area contributed by atoms with Gasteiger partial charge in [0.05, 0.1) is 11.2 Å². The van der Waals surface area contributed by atoms with Gasteiger partial charge in [0, 0.05) is 22.6 Å². The fourth-order valence-electron chi connectivity index (χ4n) is 3.51. The second-order valence-electron chi connectivity index (χ2n) is 7.17. The number of thioether (sulfide) groups is 1. The first-order chi connectivity index (χ1) is 14.1. The summed E-state index contributed by atoms with van der Waals surface area (Å²) < 4.78 is 0. The molecule has 0 aromatic heterocycles. The Hall–Kier alpha value is -3.05. The minimum absolute atomic E-state index is 0.0211. The molecule has 1 aliphatic heterocycles. The molecule has 0 saturated heterocycles. The highest BCUT2D eigenvalue weighted by Gasteiger charge is 2.31. The first-order valence-electron chi connectivity index (χ1n) is 9.56. The Morgan fingerprint density at radius 2 is 1.59 bits per heavy atom. The molecule has 29 heavy (non-hydrogen) atoms. The summed E-state index contributed by atoms with van der Waals surface area (Å²) >= 11 is 1.63. The molecule has 0 radical (unpaired) electrons. The number of benzene rings is 3. The van der Waals surface area contributed by atoms with Gasteiger partial charge in [-0.3, -0.25) is 9.59 Å². The van der Waals surface area contributed by atoms with Crippen LogP contribution in [0.5, 0.6) is 0 Å². The van der Waals surface area contributed by atoms with E-state index in [9.17, 15) is 9.59 Å². The summed E-state index contributed by atoms with van der Waals surface area (Å²) in [6.45, 7) is 2.01. The van der Waals surface area contributed by atoms with Gasteiger partial charge in [-0.05, 0) is 36.2 Å². The Bertz CT molecular complexity index is 996. The van der Waals surface area contributed by atoms with Crippen LogP contribution in [-0.2, 0) is 10.3 Å². The largest absolute Gasteiger partial charge is 0.339 e.